The normalized spacial score (nSPS) is 19.2. The molecule has 1 aromatic heterocycles. The van der Waals surface area contributed by atoms with Gasteiger partial charge in [0.2, 0.25) is 0 Å². The summed E-state index contributed by atoms with van der Waals surface area (Å²) in [6.45, 7) is 3.92. The van der Waals surface area contributed by atoms with Crippen molar-refractivity contribution in [2.75, 3.05) is 25.6 Å². The summed E-state index contributed by atoms with van der Waals surface area (Å²) in [6, 6.07) is 0. The zero-order valence-electron chi connectivity index (χ0n) is 11.0. The lowest BCUT2D eigenvalue weighted by Crippen LogP contribution is -2.12. The van der Waals surface area contributed by atoms with Gasteiger partial charge in [0.1, 0.15) is 11.6 Å². The van der Waals surface area contributed by atoms with Crippen LogP contribution in [0.1, 0.15) is 31.3 Å². The molecule has 0 bridgehead atoms. The molecule has 1 aliphatic heterocycles. The van der Waals surface area contributed by atoms with Crippen molar-refractivity contribution in [2.24, 2.45) is 5.92 Å². The van der Waals surface area contributed by atoms with E-state index in [1.807, 2.05) is 7.05 Å². The van der Waals surface area contributed by atoms with Crippen molar-refractivity contribution in [1.82, 2.24) is 9.97 Å². The van der Waals surface area contributed by atoms with Crippen LogP contribution in [0, 0.1) is 9.49 Å². The molecule has 0 spiro atoms. The Labute approximate surface area is 122 Å². The number of hydrogen-bond acceptors (Lipinski definition) is 4. The predicted molar refractivity (Wildman–Crippen MR) is 80.9 cm³/mol. The fraction of sp³-hybridized carbons (Fsp3) is 0.692. The molecule has 1 unspecified atom stereocenters. The maximum absolute atomic E-state index is 5.41. The van der Waals surface area contributed by atoms with Gasteiger partial charge in [-0.3, -0.25) is 0 Å². The van der Waals surface area contributed by atoms with Gasteiger partial charge >= 0.3 is 0 Å². The Morgan fingerprint density at radius 1 is 1.44 bits per heavy atom. The Morgan fingerprint density at radius 3 is 2.89 bits per heavy atom. The van der Waals surface area contributed by atoms with Crippen LogP contribution in [0.3, 0.4) is 0 Å². The van der Waals surface area contributed by atoms with Crippen molar-refractivity contribution in [3.63, 3.8) is 0 Å². The highest BCUT2D eigenvalue weighted by atomic mass is 127. The summed E-state index contributed by atoms with van der Waals surface area (Å²) in [5.41, 5.74) is 1.17. The van der Waals surface area contributed by atoms with Crippen molar-refractivity contribution in [2.45, 2.75) is 32.6 Å². The quantitative estimate of drug-likeness (QED) is 0.820. The molecular weight excluding hydrogens is 341 g/mol. The SMILES string of the molecule is CCCc1nc(CC2CCOC2)nc(NC)c1I. The molecule has 1 fully saturated rings. The van der Waals surface area contributed by atoms with Crippen LogP contribution in [0.15, 0.2) is 0 Å². The van der Waals surface area contributed by atoms with Gasteiger partial charge in [0.15, 0.2) is 0 Å². The van der Waals surface area contributed by atoms with Crippen molar-refractivity contribution in [1.29, 1.82) is 0 Å². The number of rotatable bonds is 5. The maximum Gasteiger partial charge on any atom is 0.143 e. The number of nitrogens with one attached hydrogen (secondary N) is 1. The molecule has 0 aromatic carbocycles. The van der Waals surface area contributed by atoms with Crippen LogP contribution in [0.4, 0.5) is 5.82 Å². The Kier molecular flexibility index (Phi) is 5.17. The van der Waals surface area contributed by atoms with Gasteiger partial charge in [-0.05, 0) is 41.4 Å². The molecule has 2 rings (SSSR count). The molecule has 1 N–H and O–H groups in total. The van der Waals surface area contributed by atoms with Gasteiger partial charge in [-0.15, -0.1) is 0 Å². The van der Waals surface area contributed by atoms with Crippen LogP contribution >= 0.6 is 22.6 Å². The summed E-state index contributed by atoms with van der Waals surface area (Å²) in [5, 5.41) is 3.17. The molecular formula is C13H20IN3O. The molecule has 5 heteroatoms. The molecule has 4 nitrogen and oxygen atoms in total. The summed E-state index contributed by atoms with van der Waals surface area (Å²) >= 11 is 2.33. The first-order valence-corrected chi connectivity index (χ1v) is 7.63. The fourth-order valence-electron chi connectivity index (χ4n) is 2.21. The van der Waals surface area contributed by atoms with Gasteiger partial charge in [0.05, 0.1) is 9.26 Å². The van der Waals surface area contributed by atoms with E-state index in [0.29, 0.717) is 5.92 Å². The molecule has 1 aliphatic rings. The zero-order valence-corrected chi connectivity index (χ0v) is 13.2. The Morgan fingerprint density at radius 2 is 2.28 bits per heavy atom. The second kappa shape index (κ2) is 6.65. The highest BCUT2D eigenvalue weighted by Crippen LogP contribution is 2.23. The van der Waals surface area contributed by atoms with Crippen molar-refractivity contribution in [3.05, 3.63) is 15.1 Å². The Bertz CT molecular complexity index is 405. The van der Waals surface area contributed by atoms with Gasteiger partial charge < -0.3 is 10.1 Å². The summed E-state index contributed by atoms with van der Waals surface area (Å²) < 4.78 is 6.57. The molecule has 100 valence electrons. The lowest BCUT2D eigenvalue weighted by molar-refractivity contribution is 0.185. The lowest BCUT2D eigenvalue weighted by atomic mass is 10.0. The number of aryl methyl sites for hydroxylation is 1. The van der Waals surface area contributed by atoms with E-state index in [1.54, 1.807) is 0 Å². The number of nitrogens with zero attached hydrogens (tertiary/aromatic N) is 2. The second-order valence-corrected chi connectivity index (χ2v) is 5.76. The average Bonchev–Trinajstić information content (AvgIpc) is 2.86. The van der Waals surface area contributed by atoms with E-state index in [9.17, 15) is 0 Å². The van der Waals surface area contributed by atoms with E-state index < -0.39 is 0 Å². The number of halogens is 1. The molecule has 0 aliphatic carbocycles. The third kappa shape index (κ3) is 3.32. The van der Waals surface area contributed by atoms with E-state index in [0.717, 1.165) is 54.1 Å². The smallest absolute Gasteiger partial charge is 0.143 e. The molecule has 0 radical (unpaired) electrons. The lowest BCUT2D eigenvalue weighted by Gasteiger charge is -2.12. The van der Waals surface area contributed by atoms with Crippen molar-refractivity contribution in [3.8, 4) is 0 Å². The summed E-state index contributed by atoms with van der Waals surface area (Å²) in [5.74, 6) is 2.51. The maximum atomic E-state index is 5.41. The molecule has 1 atom stereocenters. The average molecular weight is 361 g/mol. The first kappa shape index (κ1) is 14.0. The zero-order chi connectivity index (χ0) is 13.0. The molecule has 0 amide bonds. The number of ether oxygens (including phenoxy) is 1. The van der Waals surface area contributed by atoms with Gasteiger partial charge in [0, 0.05) is 26.7 Å². The van der Waals surface area contributed by atoms with Gasteiger partial charge in [-0.25, -0.2) is 9.97 Å². The van der Waals surface area contributed by atoms with Crippen LogP contribution in [-0.4, -0.2) is 30.2 Å². The highest BCUT2D eigenvalue weighted by Gasteiger charge is 2.19. The standard InChI is InChI=1S/C13H20IN3O/c1-3-4-10-12(14)13(15-2)17-11(16-10)7-9-5-6-18-8-9/h9H,3-8H2,1-2H3,(H,15,16,17). The second-order valence-electron chi connectivity index (χ2n) is 4.68. The van der Waals surface area contributed by atoms with E-state index in [4.69, 9.17) is 9.72 Å². The number of anilines is 1. The summed E-state index contributed by atoms with van der Waals surface area (Å²) in [4.78, 5) is 9.33. The van der Waals surface area contributed by atoms with Crippen molar-refractivity contribution < 1.29 is 4.74 Å². The number of hydrogen-bond donors (Lipinski definition) is 1. The molecule has 1 aromatic rings. The minimum absolute atomic E-state index is 0.587. The van der Waals surface area contributed by atoms with Crippen LogP contribution in [0.5, 0.6) is 0 Å². The first-order chi connectivity index (χ1) is 8.74. The Balaban J connectivity index is 2.20. The highest BCUT2D eigenvalue weighted by molar-refractivity contribution is 14.1. The minimum Gasteiger partial charge on any atom is -0.381 e. The fourth-order valence-corrected chi connectivity index (χ4v) is 2.99. The van der Waals surface area contributed by atoms with Crippen LogP contribution in [0.2, 0.25) is 0 Å². The van der Waals surface area contributed by atoms with E-state index in [2.05, 4.69) is 39.8 Å². The van der Waals surface area contributed by atoms with Gasteiger partial charge in [0.25, 0.3) is 0 Å². The third-order valence-corrected chi connectivity index (χ3v) is 4.32. The van der Waals surface area contributed by atoms with E-state index in [-0.39, 0.29) is 0 Å². The molecule has 18 heavy (non-hydrogen) atoms. The predicted octanol–water partition coefficient (Wildman–Crippen LogP) is 2.65. The molecule has 1 saturated heterocycles. The Hall–Kier alpha value is -0.430. The van der Waals surface area contributed by atoms with Gasteiger partial charge in [-0.1, -0.05) is 13.3 Å². The topological polar surface area (TPSA) is 47.0 Å². The van der Waals surface area contributed by atoms with E-state index in [1.165, 1.54) is 5.69 Å². The minimum atomic E-state index is 0.587. The van der Waals surface area contributed by atoms with Gasteiger partial charge in [-0.2, -0.15) is 0 Å². The summed E-state index contributed by atoms with van der Waals surface area (Å²) in [6.07, 6.45) is 4.20. The molecule has 0 saturated carbocycles. The van der Waals surface area contributed by atoms with E-state index >= 15 is 0 Å². The van der Waals surface area contributed by atoms with Crippen LogP contribution in [-0.2, 0) is 17.6 Å². The van der Waals surface area contributed by atoms with Crippen LogP contribution in [0.25, 0.3) is 0 Å². The molecule has 2 heterocycles. The van der Waals surface area contributed by atoms with Crippen LogP contribution < -0.4 is 5.32 Å². The third-order valence-electron chi connectivity index (χ3n) is 3.18. The summed E-state index contributed by atoms with van der Waals surface area (Å²) in [7, 11) is 1.92. The van der Waals surface area contributed by atoms with Crippen molar-refractivity contribution >= 4 is 28.4 Å². The largest absolute Gasteiger partial charge is 0.381 e. The first-order valence-electron chi connectivity index (χ1n) is 6.55. The monoisotopic (exact) mass is 361 g/mol. The number of aromatic nitrogens is 2.